The van der Waals surface area contributed by atoms with Crippen molar-refractivity contribution < 1.29 is 9.53 Å². The van der Waals surface area contributed by atoms with Gasteiger partial charge in [-0.15, -0.1) is 0 Å². The maximum atomic E-state index is 12.1. The van der Waals surface area contributed by atoms with Crippen LogP contribution in [0, 0.1) is 0 Å². The predicted octanol–water partition coefficient (Wildman–Crippen LogP) is 2.57. The Morgan fingerprint density at radius 2 is 2.17 bits per heavy atom. The Kier molecular flexibility index (Phi) is 4.30. The fourth-order valence-electron chi connectivity index (χ4n) is 2.67. The molecule has 2 heterocycles. The summed E-state index contributed by atoms with van der Waals surface area (Å²) in [7, 11) is 0. The maximum Gasteiger partial charge on any atom is 0.244 e. The molecule has 1 aromatic heterocycles. The second kappa shape index (κ2) is 6.38. The summed E-state index contributed by atoms with van der Waals surface area (Å²) in [6.07, 6.45) is 7.78. The van der Waals surface area contributed by atoms with E-state index in [1.807, 2.05) is 50.4 Å². The standard InChI is InChI=1S/C18H21N3O2/c1-18(2)16(10-11-23-18)20-17(22)9-8-14-12-19-21(13-14)15-6-4-3-5-7-15/h3-9,12-13,16H,10-11H2,1-2H3,(H,20,22)/b9-8+. The highest BCUT2D eigenvalue weighted by molar-refractivity contribution is 5.91. The number of benzene rings is 1. The summed E-state index contributed by atoms with van der Waals surface area (Å²) in [5, 5.41) is 7.30. The normalized spacial score (nSPS) is 20.0. The SMILES string of the molecule is CC1(C)OCCC1NC(=O)/C=C/c1cnn(-c2ccccc2)c1. The Bertz CT molecular complexity index is 704. The first-order valence-electron chi connectivity index (χ1n) is 7.77. The van der Waals surface area contributed by atoms with Crippen molar-refractivity contribution in [3.63, 3.8) is 0 Å². The van der Waals surface area contributed by atoms with Gasteiger partial charge < -0.3 is 10.1 Å². The first-order chi connectivity index (χ1) is 11.0. The molecule has 0 saturated carbocycles. The summed E-state index contributed by atoms with van der Waals surface area (Å²) >= 11 is 0. The van der Waals surface area contributed by atoms with Crippen molar-refractivity contribution in [1.29, 1.82) is 0 Å². The van der Waals surface area contributed by atoms with Crippen LogP contribution in [0.1, 0.15) is 25.8 Å². The molecule has 1 aliphatic rings. The van der Waals surface area contributed by atoms with E-state index in [9.17, 15) is 4.79 Å². The molecule has 23 heavy (non-hydrogen) atoms. The Labute approximate surface area is 136 Å². The van der Waals surface area contributed by atoms with Gasteiger partial charge in [0.05, 0.1) is 23.5 Å². The average molecular weight is 311 g/mol. The van der Waals surface area contributed by atoms with Gasteiger partial charge in [-0.1, -0.05) is 18.2 Å². The van der Waals surface area contributed by atoms with E-state index >= 15 is 0 Å². The first-order valence-corrected chi connectivity index (χ1v) is 7.77. The summed E-state index contributed by atoms with van der Waals surface area (Å²) in [5.41, 5.74) is 1.56. The zero-order chi connectivity index (χ0) is 16.3. The Hall–Kier alpha value is -2.40. The van der Waals surface area contributed by atoms with E-state index in [4.69, 9.17) is 4.74 Å². The van der Waals surface area contributed by atoms with E-state index in [0.29, 0.717) is 6.61 Å². The van der Waals surface area contributed by atoms with Crippen molar-refractivity contribution in [2.45, 2.75) is 31.9 Å². The number of para-hydroxylation sites is 1. The molecule has 1 fully saturated rings. The molecule has 1 saturated heterocycles. The van der Waals surface area contributed by atoms with Crippen molar-refractivity contribution in [3.8, 4) is 5.69 Å². The third-order valence-corrected chi connectivity index (χ3v) is 4.09. The number of aromatic nitrogens is 2. The van der Waals surface area contributed by atoms with Crippen LogP contribution >= 0.6 is 0 Å². The van der Waals surface area contributed by atoms with Crippen LogP contribution in [0.15, 0.2) is 48.8 Å². The molecule has 3 rings (SSSR count). The fourth-order valence-corrected chi connectivity index (χ4v) is 2.67. The lowest BCUT2D eigenvalue weighted by atomic mass is 9.99. The minimum atomic E-state index is -0.304. The van der Waals surface area contributed by atoms with Gasteiger partial charge in [0.15, 0.2) is 0 Å². The smallest absolute Gasteiger partial charge is 0.244 e. The van der Waals surface area contributed by atoms with Crippen LogP contribution in [0.2, 0.25) is 0 Å². The predicted molar refractivity (Wildman–Crippen MR) is 89.2 cm³/mol. The van der Waals surface area contributed by atoms with Crippen molar-refractivity contribution in [2.75, 3.05) is 6.61 Å². The summed E-state index contributed by atoms with van der Waals surface area (Å²) in [6.45, 7) is 4.68. The van der Waals surface area contributed by atoms with Gasteiger partial charge in [0.1, 0.15) is 0 Å². The molecule has 5 heteroatoms. The number of hydrogen-bond donors (Lipinski definition) is 1. The highest BCUT2D eigenvalue weighted by Gasteiger charge is 2.36. The highest BCUT2D eigenvalue weighted by atomic mass is 16.5. The molecule has 1 atom stereocenters. The van der Waals surface area contributed by atoms with Gasteiger partial charge >= 0.3 is 0 Å². The van der Waals surface area contributed by atoms with E-state index in [1.54, 1.807) is 23.0 Å². The molecule has 1 amide bonds. The lowest BCUT2D eigenvalue weighted by molar-refractivity contribution is -0.118. The number of carbonyl (C=O) groups is 1. The van der Waals surface area contributed by atoms with Crippen LogP contribution < -0.4 is 5.32 Å². The number of ether oxygens (including phenoxy) is 1. The molecule has 5 nitrogen and oxygen atoms in total. The number of hydrogen-bond acceptors (Lipinski definition) is 3. The Morgan fingerprint density at radius 1 is 1.39 bits per heavy atom. The molecular weight excluding hydrogens is 290 g/mol. The summed E-state index contributed by atoms with van der Waals surface area (Å²) in [6, 6.07) is 9.90. The van der Waals surface area contributed by atoms with Gasteiger partial charge in [-0.2, -0.15) is 5.10 Å². The number of rotatable bonds is 4. The number of nitrogens with zero attached hydrogens (tertiary/aromatic N) is 2. The van der Waals surface area contributed by atoms with Gasteiger partial charge in [-0.3, -0.25) is 4.79 Å². The van der Waals surface area contributed by atoms with E-state index in [2.05, 4.69) is 10.4 Å². The summed E-state index contributed by atoms with van der Waals surface area (Å²) < 4.78 is 7.40. The number of nitrogens with one attached hydrogen (secondary N) is 1. The molecule has 0 aliphatic carbocycles. The maximum absolute atomic E-state index is 12.1. The molecule has 2 aromatic rings. The lowest BCUT2D eigenvalue weighted by Gasteiger charge is -2.25. The zero-order valence-corrected chi connectivity index (χ0v) is 13.4. The monoisotopic (exact) mass is 311 g/mol. The van der Waals surface area contributed by atoms with Crippen LogP contribution in [0.25, 0.3) is 11.8 Å². The van der Waals surface area contributed by atoms with Crippen LogP contribution in [0.4, 0.5) is 0 Å². The van der Waals surface area contributed by atoms with Crippen LogP contribution in [0.5, 0.6) is 0 Å². The van der Waals surface area contributed by atoms with Crippen molar-refractivity contribution in [2.24, 2.45) is 0 Å². The largest absolute Gasteiger partial charge is 0.373 e. The Balaban J connectivity index is 1.62. The van der Waals surface area contributed by atoms with E-state index in [0.717, 1.165) is 17.7 Å². The van der Waals surface area contributed by atoms with E-state index in [1.165, 1.54) is 0 Å². The van der Waals surface area contributed by atoms with Gasteiger partial charge in [-0.25, -0.2) is 4.68 Å². The number of carbonyl (C=O) groups excluding carboxylic acids is 1. The fraction of sp³-hybridized carbons (Fsp3) is 0.333. The van der Waals surface area contributed by atoms with Gasteiger partial charge in [-0.05, 0) is 38.5 Å². The molecule has 1 N–H and O–H groups in total. The average Bonchev–Trinajstić information content (AvgIpc) is 3.13. The van der Waals surface area contributed by atoms with Gasteiger partial charge in [0, 0.05) is 24.4 Å². The summed E-state index contributed by atoms with van der Waals surface area (Å²) in [5.74, 6) is -0.110. The second-order valence-corrected chi connectivity index (χ2v) is 6.19. The third-order valence-electron chi connectivity index (χ3n) is 4.09. The molecule has 1 unspecified atom stereocenters. The number of amides is 1. The highest BCUT2D eigenvalue weighted by Crippen LogP contribution is 2.24. The quantitative estimate of drug-likeness (QED) is 0.883. The Morgan fingerprint density at radius 3 is 2.87 bits per heavy atom. The van der Waals surface area contributed by atoms with Crippen molar-refractivity contribution in [3.05, 3.63) is 54.4 Å². The van der Waals surface area contributed by atoms with E-state index < -0.39 is 0 Å². The molecular formula is C18H21N3O2. The lowest BCUT2D eigenvalue weighted by Crippen LogP contribution is -2.45. The summed E-state index contributed by atoms with van der Waals surface area (Å²) in [4.78, 5) is 12.1. The molecule has 1 aliphatic heterocycles. The topological polar surface area (TPSA) is 56.1 Å². The molecule has 0 spiro atoms. The van der Waals surface area contributed by atoms with E-state index in [-0.39, 0.29) is 17.6 Å². The molecule has 1 aromatic carbocycles. The molecule has 0 bridgehead atoms. The van der Waals surface area contributed by atoms with Crippen LogP contribution in [0.3, 0.4) is 0 Å². The van der Waals surface area contributed by atoms with Crippen LogP contribution in [-0.2, 0) is 9.53 Å². The molecule has 120 valence electrons. The second-order valence-electron chi connectivity index (χ2n) is 6.19. The van der Waals surface area contributed by atoms with Gasteiger partial charge in [0.25, 0.3) is 0 Å². The first kappa shape index (κ1) is 15.5. The molecule has 0 radical (unpaired) electrons. The van der Waals surface area contributed by atoms with Crippen LogP contribution in [-0.4, -0.2) is 33.9 Å². The zero-order valence-electron chi connectivity index (χ0n) is 13.4. The van der Waals surface area contributed by atoms with Crippen molar-refractivity contribution >= 4 is 12.0 Å². The minimum Gasteiger partial charge on any atom is -0.373 e. The van der Waals surface area contributed by atoms with Crippen molar-refractivity contribution in [1.82, 2.24) is 15.1 Å². The minimum absolute atomic E-state index is 0.0479. The van der Waals surface area contributed by atoms with Gasteiger partial charge in [0.2, 0.25) is 5.91 Å². The third kappa shape index (κ3) is 3.68.